The number of carbonyl (C=O) groups is 1. The summed E-state index contributed by atoms with van der Waals surface area (Å²) in [6.45, 7) is 7.95. The van der Waals surface area contributed by atoms with Crippen molar-refractivity contribution in [2.45, 2.75) is 72.3 Å². The summed E-state index contributed by atoms with van der Waals surface area (Å²) in [6, 6.07) is 7.62. The van der Waals surface area contributed by atoms with Gasteiger partial charge in [0, 0.05) is 24.3 Å². The summed E-state index contributed by atoms with van der Waals surface area (Å²) in [5, 5.41) is 16.2. The summed E-state index contributed by atoms with van der Waals surface area (Å²) in [7, 11) is 0. The first kappa shape index (κ1) is 25.8. The quantitative estimate of drug-likeness (QED) is 0.333. The molecule has 5 rings (SSSR count). The zero-order valence-electron chi connectivity index (χ0n) is 21.9. The molecule has 1 saturated heterocycles. The normalized spacial score (nSPS) is 15.8. The first-order valence-corrected chi connectivity index (χ1v) is 13.0. The Morgan fingerprint density at radius 2 is 2.03 bits per heavy atom. The Labute approximate surface area is 220 Å². The number of H-pyrrole nitrogens is 1. The number of aromatic amines is 1. The Balaban J connectivity index is 1.27. The fourth-order valence-corrected chi connectivity index (χ4v) is 4.95. The van der Waals surface area contributed by atoms with Crippen LogP contribution in [0.15, 0.2) is 34.9 Å². The Hall–Kier alpha value is -3.86. The van der Waals surface area contributed by atoms with Crippen molar-refractivity contribution in [2.24, 2.45) is 0 Å². The third-order valence-corrected chi connectivity index (χ3v) is 6.83. The molecule has 0 bridgehead atoms. The predicted molar refractivity (Wildman–Crippen MR) is 136 cm³/mol. The number of hydrogen-bond acceptors (Lipinski definition) is 7. The summed E-state index contributed by atoms with van der Waals surface area (Å²) >= 11 is 0. The van der Waals surface area contributed by atoms with E-state index < -0.39 is 0 Å². The van der Waals surface area contributed by atoms with Gasteiger partial charge in [-0.3, -0.25) is 14.6 Å². The standard InChI is InChI=1S/C27H32FN7O3/c1-4-12-35-18(3)25(17(2)32-35)21-14-22(31-30-21)27(36)34-13-6-5-7-23(34)26-29-24(38-33-26)16-37-15-19-8-10-20(28)11-9-19/h8-11,14,23H,4-7,12-13,15-16H2,1-3H3,(H,30,31). The van der Waals surface area contributed by atoms with E-state index in [-0.39, 0.29) is 24.4 Å². The maximum absolute atomic E-state index is 13.6. The van der Waals surface area contributed by atoms with Crippen molar-refractivity contribution in [2.75, 3.05) is 6.54 Å². The molecule has 1 aliphatic heterocycles. The number of hydrogen-bond donors (Lipinski definition) is 1. The lowest BCUT2D eigenvalue weighted by atomic mass is 10.0. The molecule has 4 aromatic rings. The van der Waals surface area contributed by atoms with Crippen LogP contribution in [-0.2, 0) is 24.5 Å². The summed E-state index contributed by atoms with van der Waals surface area (Å²) in [5.74, 6) is 0.356. The smallest absolute Gasteiger partial charge is 0.272 e. The van der Waals surface area contributed by atoms with Crippen molar-refractivity contribution in [3.8, 4) is 11.3 Å². The SMILES string of the molecule is CCCn1nc(C)c(-c2cc(C(=O)N3CCCCC3c3noc(COCc4ccc(F)cc4)n3)[nH]n2)c1C. The molecule has 38 heavy (non-hydrogen) atoms. The minimum absolute atomic E-state index is 0.124. The lowest BCUT2D eigenvalue weighted by Crippen LogP contribution is -2.39. The van der Waals surface area contributed by atoms with Gasteiger partial charge in [-0.1, -0.05) is 24.2 Å². The topological polar surface area (TPSA) is 115 Å². The van der Waals surface area contributed by atoms with Gasteiger partial charge in [0.1, 0.15) is 18.1 Å². The summed E-state index contributed by atoms with van der Waals surface area (Å²) in [5.41, 5.74) is 4.84. The molecule has 1 aliphatic rings. The second-order valence-electron chi connectivity index (χ2n) is 9.61. The van der Waals surface area contributed by atoms with Gasteiger partial charge in [0.05, 0.1) is 24.0 Å². The molecule has 1 N–H and O–H groups in total. The molecule has 3 aromatic heterocycles. The van der Waals surface area contributed by atoms with Crippen LogP contribution in [0.5, 0.6) is 0 Å². The highest BCUT2D eigenvalue weighted by atomic mass is 19.1. The number of likely N-dealkylation sites (tertiary alicyclic amines) is 1. The van der Waals surface area contributed by atoms with Crippen LogP contribution in [0.25, 0.3) is 11.3 Å². The molecule has 4 heterocycles. The fourth-order valence-electron chi connectivity index (χ4n) is 4.95. The van der Waals surface area contributed by atoms with E-state index in [9.17, 15) is 9.18 Å². The summed E-state index contributed by atoms with van der Waals surface area (Å²) < 4.78 is 26.1. The molecule has 0 aliphatic carbocycles. The van der Waals surface area contributed by atoms with Crippen LogP contribution in [0.3, 0.4) is 0 Å². The number of rotatable bonds is 9. The molecule has 10 nitrogen and oxygen atoms in total. The predicted octanol–water partition coefficient (Wildman–Crippen LogP) is 4.91. The van der Waals surface area contributed by atoms with E-state index in [0.717, 1.165) is 54.7 Å². The highest BCUT2D eigenvalue weighted by Gasteiger charge is 2.33. The highest BCUT2D eigenvalue weighted by Crippen LogP contribution is 2.32. The Kier molecular flexibility index (Phi) is 7.64. The second kappa shape index (κ2) is 11.3. The second-order valence-corrected chi connectivity index (χ2v) is 9.61. The van der Waals surface area contributed by atoms with Crippen LogP contribution in [0.2, 0.25) is 0 Å². The van der Waals surface area contributed by atoms with E-state index in [4.69, 9.17) is 9.26 Å². The zero-order valence-corrected chi connectivity index (χ0v) is 21.9. The first-order valence-electron chi connectivity index (χ1n) is 13.0. The van der Waals surface area contributed by atoms with Crippen LogP contribution in [-0.4, -0.2) is 47.5 Å². The van der Waals surface area contributed by atoms with Crippen molar-refractivity contribution >= 4 is 5.91 Å². The van der Waals surface area contributed by atoms with E-state index in [1.807, 2.05) is 18.5 Å². The number of amides is 1. The Morgan fingerprint density at radius 1 is 1.21 bits per heavy atom. The van der Waals surface area contributed by atoms with Gasteiger partial charge in [0.25, 0.3) is 11.8 Å². The maximum Gasteiger partial charge on any atom is 0.272 e. The van der Waals surface area contributed by atoms with Crippen LogP contribution in [0.1, 0.15) is 77.8 Å². The Bertz CT molecular complexity index is 1390. The molecule has 0 spiro atoms. The van der Waals surface area contributed by atoms with Gasteiger partial charge in [0.2, 0.25) is 0 Å². The van der Waals surface area contributed by atoms with Gasteiger partial charge in [-0.2, -0.15) is 15.2 Å². The van der Waals surface area contributed by atoms with E-state index in [0.29, 0.717) is 36.3 Å². The van der Waals surface area contributed by atoms with Gasteiger partial charge in [-0.15, -0.1) is 0 Å². The van der Waals surface area contributed by atoms with Gasteiger partial charge in [-0.05, 0) is 63.3 Å². The molecule has 1 fully saturated rings. The zero-order chi connectivity index (χ0) is 26.6. The maximum atomic E-state index is 13.6. The number of aromatic nitrogens is 6. The third kappa shape index (κ3) is 5.38. The lowest BCUT2D eigenvalue weighted by Gasteiger charge is -2.33. The van der Waals surface area contributed by atoms with Gasteiger partial charge in [0.15, 0.2) is 5.82 Å². The molecular formula is C27H32FN7O3. The van der Waals surface area contributed by atoms with E-state index >= 15 is 0 Å². The largest absolute Gasteiger partial charge is 0.367 e. The summed E-state index contributed by atoms with van der Waals surface area (Å²) in [6.07, 6.45) is 3.59. The van der Waals surface area contributed by atoms with Crippen LogP contribution < -0.4 is 0 Å². The van der Waals surface area contributed by atoms with Gasteiger partial charge >= 0.3 is 0 Å². The third-order valence-electron chi connectivity index (χ3n) is 6.83. The van der Waals surface area contributed by atoms with Crippen LogP contribution in [0.4, 0.5) is 4.39 Å². The average molecular weight is 522 g/mol. The number of nitrogens with zero attached hydrogens (tertiary/aromatic N) is 6. The molecular weight excluding hydrogens is 489 g/mol. The average Bonchev–Trinajstić information content (AvgIpc) is 3.65. The molecule has 1 amide bonds. The molecule has 1 aromatic carbocycles. The molecule has 0 saturated carbocycles. The minimum Gasteiger partial charge on any atom is -0.367 e. The van der Waals surface area contributed by atoms with Crippen molar-refractivity contribution in [3.05, 3.63) is 70.5 Å². The molecule has 11 heteroatoms. The highest BCUT2D eigenvalue weighted by molar-refractivity contribution is 5.93. The fraction of sp³-hybridized carbons (Fsp3) is 0.444. The van der Waals surface area contributed by atoms with Crippen molar-refractivity contribution in [1.29, 1.82) is 0 Å². The van der Waals surface area contributed by atoms with Crippen molar-refractivity contribution in [3.63, 3.8) is 0 Å². The first-order chi connectivity index (χ1) is 18.4. The van der Waals surface area contributed by atoms with Crippen molar-refractivity contribution < 1.29 is 18.4 Å². The van der Waals surface area contributed by atoms with Crippen molar-refractivity contribution in [1.82, 2.24) is 35.0 Å². The van der Waals surface area contributed by atoms with Gasteiger partial charge in [-0.25, -0.2) is 4.39 Å². The number of piperidine rings is 1. The number of carbonyl (C=O) groups excluding carboxylic acids is 1. The molecule has 1 unspecified atom stereocenters. The van der Waals surface area contributed by atoms with Crippen LogP contribution in [0, 0.1) is 19.7 Å². The number of benzene rings is 1. The monoisotopic (exact) mass is 521 g/mol. The molecule has 0 radical (unpaired) electrons. The van der Waals surface area contributed by atoms with E-state index in [1.54, 1.807) is 23.1 Å². The Morgan fingerprint density at radius 3 is 2.82 bits per heavy atom. The number of halogens is 1. The van der Waals surface area contributed by atoms with Gasteiger partial charge < -0.3 is 14.2 Å². The number of aryl methyl sites for hydroxylation is 2. The number of ether oxygens (including phenoxy) is 1. The van der Waals surface area contributed by atoms with E-state index in [2.05, 4.69) is 32.4 Å². The summed E-state index contributed by atoms with van der Waals surface area (Å²) in [4.78, 5) is 19.9. The van der Waals surface area contributed by atoms with Crippen LogP contribution >= 0.6 is 0 Å². The molecule has 1 atom stereocenters. The lowest BCUT2D eigenvalue weighted by molar-refractivity contribution is 0.0590. The van der Waals surface area contributed by atoms with E-state index in [1.165, 1.54) is 12.1 Å². The number of nitrogens with one attached hydrogen (secondary N) is 1. The minimum atomic E-state index is -0.298. The molecule has 200 valence electrons.